The van der Waals surface area contributed by atoms with Crippen LogP contribution in [-0.2, 0) is 0 Å². The van der Waals surface area contributed by atoms with Crippen molar-refractivity contribution in [3.63, 3.8) is 0 Å². The predicted octanol–water partition coefficient (Wildman–Crippen LogP) is 2.34. The first kappa shape index (κ1) is 15.9. The standard InChI is InChI=1S/C4H10.ClH.H2S/c1-3-4-2;;/h3-4H2,1-2H3;1H;1H2. The molecule has 6 heavy (non-hydrogen) atoms. The topological polar surface area (TPSA) is 0 Å². The summed E-state index contributed by atoms with van der Waals surface area (Å²) in [7, 11) is 0. The van der Waals surface area contributed by atoms with Crippen LogP contribution >= 0.6 is 25.9 Å². The van der Waals surface area contributed by atoms with Gasteiger partial charge in [0.15, 0.2) is 0 Å². The van der Waals surface area contributed by atoms with Crippen LogP contribution in [0.1, 0.15) is 26.7 Å². The van der Waals surface area contributed by atoms with Crippen molar-refractivity contribution >= 4 is 25.9 Å². The van der Waals surface area contributed by atoms with Crippen molar-refractivity contribution in [2.45, 2.75) is 26.7 Å². The number of hydrogen-bond acceptors (Lipinski definition) is 0. The smallest absolute Gasteiger partial charge is 0.0564 e. The summed E-state index contributed by atoms with van der Waals surface area (Å²) in [5.74, 6) is 0. The van der Waals surface area contributed by atoms with Crippen LogP contribution in [0, 0.1) is 0 Å². The lowest BCUT2D eigenvalue weighted by molar-refractivity contribution is 0.886. The lowest BCUT2D eigenvalue weighted by Gasteiger charge is -1.68. The van der Waals surface area contributed by atoms with Gasteiger partial charge in [0.2, 0.25) is 0 Å². The molecule has 0 bridgehead atoms. The average Bonchev–Trinajstić information content (AvgIpc) is 1.37. The molecule has 0 unspecified atom stereocenters. The average molecular weight is 129 g/mol. The van der Waals surface area contributed by atoms with Crippen LogP contribution < -0.4 is 0 Å². The Kier molecular flexibility index (Phi) is 46.3. The van der Waals surface area contributed by atoms with Crippen LogP contribution in [0.4, 0.5) is 0 Å². The van der Waals surface area contributed by atoms with Crippen molar-refractivity contribution in [3.05, 3.63) is 0 Å². The molecule has 0 saturated carbocycles. The molecule has 0 N–H and O–H groups in total. The molecule has 0 rings (SSSR count). The third-order valence-electron chi connectivity index (χ3n) is 0.500. The minimum Gasteiger partial charge on any atom is -0.197 e. The van der Waals surface area contributed by atoms with E-state index in [-0.39, 0.29) is 25.9 Å². The molecule has 0 aromatic carbocycles. The molecule has 0 heterocycles. The molecule has 0 aromatic heterocycles. The number of rotatable bonds is 1. The van der Waals surface area contributed by atoms with Gasteiger partial charge in [-0.15, -0.1) is 12.4 Å². The second kappa shape index (κ2) is 17.4. The van der Waals surface area contributed by atoms with Gasteiger partial charge in [-0.3, -0.25) is 0 Å². The van der Waals surface area contributed by atoms with Crippen molar-refractivity contribution < 1.29 is 0 Å². The van der Waals surface area contributed by atoms with Gasteiger partial charge in [-0.25, -0.2) is 0 Å². The maximum absolute atomic E-state index is 2.18. The van der Waals surface area contributed by atoms with Gasteiger partial charge in [-0.05, 0) is 0 Å². The van der Waals surface area contributed by atoms with Crippen LogP contribution in [0.5, 0.6) is 0 Å². The van der Waals surface area contributed by atoms with E-state index in [9.17, 15) is 0 Å². The van der Waals surface area contributed by atoms with Gasteiger partial charge in [-0.1, -0.05) is 26.7 Å². The number of unbranched alkanes of at least 4 members (excludes halogenated alkanes) is 1. The Morgan fingerprint density at radius 2 is 1.17 bits per heavy atom. The SMILES string of the molecule is CCCC.Cl.S. The zero-order valence-corrected chi connectivity index (χ0v) is 6.14. The van der Waals surface area contributed by atoms with Gasteiger partial charge in [0, 0.05) is 0 Å². The molecular weight excluding hydrogens is 116 g/mol. The van der Waals surface area contributed by atoms with Crippen molar-refractivity contribution in [1.29, 1.82) is 0 Å². The van der Waals surface area contributed by atoms with E-state index in [1.165, 1.54) is 12.8 Å². The number of halogens is 1. The Bertz CT molecular complexity index is 9.51. The third kappa shape index (κ3) is 22.9. The van der Waals surface area contributed by atoms with E-state index in [1.54, 1.807) is 0 Å². The highest BCUT2D eigenvalue weighted by Crippen LogP contribution is 1.76. The van der Waals surface area contributed by atoms with Gasteiger partial charge in [0.05, 0.1) is 0 Å². The minimum absolute atomic E-state index is 0. The van der Waals surface area contributed by atoms with Crippen LogP contribution in [0.2, 0.25) is 0 Å². The molecule has 0 atom stereocenters. The van der Waals surface area contributed by atoms with Crippen molar-refractivity contribution in [1.82, 2.24) is 0 Å². The molecule has 0 aliphatic rings. The monoisotopic (exact) mass is 128 g/mol. The Balaban J connectivity index is -0.0000000450. The van der Waals surface area contributed by atoms with E-state index in [4.69, 9.17) is 0 Å². The van der Waals surface area contributed by atoms with Gasteiger partial charge < -0.3 is 0 Å². The minimum atomic E-state index is 0. The summed E-state index contributed by atoms with van der Waals surface area (Å²) in [4.78, 5) is 0. The molecule has 0 fully saturated rings. The Morgan fingerprint density at radius 3 is 1.17 bits per heavy atom. The summed E-state index contributed by atoms with van der Waals surface area (Å²) >= 11 is 0. The number of hydrogen-bond donors (Lipinski definition) is 0. The Labute approximate surface area is 53.2 Å². The zero-order valence-electron chi connectivity index (χ0n) is 4.32. The highest BCUT2D eigenvalue weighted by Gasteiger charge is 1.56. The predicted molar refractivity (Wildman–Crippen MR) is 38.2 cm³/mol. The molecule has 0 amide bonds. The molecule has 0 nitrogen and oxygen atoms in total. The quantitative estimate of drug-likeness (QED) is 0.509. The summed E-state index contributed by atoms with van der Waals surface area (Å²) in [6, 6.07) is 0. The van der Waals surface area contributed by atoms with Crippen molar-refractivity contribution in [2.24, 2.45) is 0 Å². The molecule has 0 aliphatic carbocycles. The highest BCUT2D eigenvalue weighted by atomic mass is 35.5. The van der Waals surface area contributed by atoms with E-state index in [2.05, 4.69) is 13.8 Å². The maximum atomic E-state index is 2.18. The molecule has 0 spiro atoms. The second-order valence-electron chi connectivity index (χ2n) is 1.000. The summed E-state index contributed by atoms with van der Waals surface area (Å²) in [6.07, 6.45) is 2.64. The lowest BCUT2D eigenvalue weighted by Crippen LogP contribution is -1.47. The van der Waals surface area contributed by atoms with Crippen LogP contribution in [0.25, 0.3) is 0 Å². The molecule has 42 valence electrons. The van der Waals surface area contributed by atoms with E-state index in [0.717, 1.165) is 0 Å². The van der Waals surface area contributed by atoms with E-state index >= 15 is 0 Å². The maximum Gasteiger partial charge on any atom is -0.0564 e. The van der Waals surface area contributed by atoms with Crippen molar-refractivity contribution in [2.75, 3.05) is 0 Å². The van der Waals surface area contributed by atoms with Crippen LogP contribution in [-0.4, -0.2) is 0 Å². The molecule has 0 aromatic rings. The van der Waals surface area contributed by atoms with E-state index < -0.39 is 0 Å². The summed E-state index contributed by atoms with van der Waals surface area (Å²) in [6.45, 7) is 4.36. The zero-order chi connectivity index (χ0) is 3.41. The molecular formula is C4H13ClS. The fraction of sp³-hybridized carbons (Fsp3) is 1.00. The Morgan fingerprint density at radius 1 is 1.00 bits per heavy atom. The van der Waals surface area contributed by atoms with Gasteiger partial charge in [0.1, 0.15) is 0 Å². The van der Waals surface area contributed by atoms with Gasteiger partial charge in [0.25, 0.3) is 0 Å². The van der Waals surface area contributed by atoms with Crippen molar-refractivity contribution in [3.8, 4) is 0 Å². The fourth-order valence-corrected chi connectivity index (χ4v) is 0. The Hall–Kier alpha value is 0.640. The summed E-state index contributed by atoms with van der Waals surface area (Å²) in [5, 5.41) is 0. The summed E-state index contributed by atoms with van der Waals surface area (Å²) in [5.41, 5.74) is 0. The first-order valence-corrected chi connectivity index (χ1v) is 1.91. The van der Waals surface area contributed by atoms with Crippen LogP contribution in [0.15, 0.2) is 0 Å². The molecule has 0 saturated heterocycles. The molecule has 2 heteroatoms. The first-order valence-electron chi connectivity index (χ1n) is 1.91. The lowest BCUT2D eigenvalue weighted by atomic mass is 10.4. The normalized spacial score (nSPS) is 5.00. The summed E-state index contributed by atoms with van der Waals surface area (Å²) < 4.78 is 0. The van der Waals surface area contributed by atoms with Gasteiger partial charge >= 0.3 is 0 Å². The molecule has 0 aliphatic heterocycles. The second-order valence-corrected chi connectivity index (χ2v) is 1.000. The van der Waals surface area contributed by atoms with Gasteiger partial charge in [-0.2, -0.15) is 13.5 Å². The third-order valence-corrected chi connectivity index (χ3v) is 0.500. The molecule has 0 radical (unpaired) electrons. The first-order chi connectivity index (χ1) is 1.91. The van der Waals surface area contributed by atoms with E-state index in [0.29, 0.717) is 0 Å². The fourth-order valence-electron chi connectivity index (χ4n) is 0. The highest BCUT2D eigenvalue weighted by molar-refractivity contribution is 7.59. The van der Waals surface area contributed by atoms with E-state index in [1.807, 2.05) is 0 Å². The largest absolute Gasteiger partial charge is 0.197 e. The van der Waals surface area contributed by atoms with Crippen LogP contribution in [0.3, 0.4) is 0 Å².